The van der Waals surface area contributed by atoms with E-state index in [4.69, 9.17) is 11.6 Å². The van der Waals surface area contributed by atoms with Gasteiger partial charge in [0.05, 0.1) is 6.54 Å². The van der Waals surface area contributed by atoms with Crippen molar-refractivity contribution >= 4 is 23.0 Å². The molecule has 3 nitrogen and oxygen atoms in total. The summed E-state index contributed by atoms with van der Waals surface area (Å²) in [5, 5.41) is 15.4. The molecule has 0 fully saturated rings. The molecule has 1 aliphatic heterocycles. The van der Waals surface area contributed by atoms with E-state index in [2.05, 4.69) is 5.32 Å². The van der Waals surface area contributed by atoms with Crippen molar-refractivity contribution < 1.29 is 0 Å². The van der Waals surface area contributed by atoms with Crippen LogP contribution >= 0.6 is 11.6 Å². The number of hydroxylamine groups is 2. The Morgan fingerprint density at radius 3 is 3.00 bits per heavy atom. The third kappa shape index (κ3) is 1.59. The van der Waals surface area contributed by atoms with E-state index < -0.39 is 0 Å². The van der Waals surface area contributed by atoms with Crippen molar-refractivity contribution in [2.45, 2.75) is 6.42 Å². The van der Waals surface area contributed by atoms with Crippen LogP contribution in [-0.2, 0) is 0 Å². The molecule has 1 N–H and O–H groups in total. The molecular formula is C10H13ClN2O. The molecule has 1 aromatic carbocycles. The Morgan fingerprint density at radius 1 is 1.43 bits per heavy atom. The van der Waals surface area contributed by atoms with Gasteiger partial charge in [0.25, 0.3) is 0 Å². The molecule has 0 aromatic heterocycles. The van der Waals surface area contributed by atoms with Gasteiger partial charge < -0.3 is 15.2 Å². The summed E-state index contributed by atoms with van der Waals surface area (Å²) in [6, 6.07) is 7.66. The van der Waals surface area contributed by atoms with E-state index in [1.165, 1.54) is 0 Å². The van der Waals surface area contributed by atoms with E-state index in [0.29, 0.717) is 19.1 Å². The van der Waals surface area contributed by atoms with Crippen LogP contribution in [-0.4, -0.2) is 19.1 Å². The topological polar surface area (TPSA) is 35.1 Å². The van der Waals surface area contributed by atoms with Crippen molar-refractivity contribution in [3.05, 3.63) is 29.5 Å². The standard InChI is InChI=1S/C10H13ClN2O/c11-6-3-7-13(14)8-12-9-4-1-2-5-10(9)13/h1-2,4-5,12H,3,6-8H2. The predicted octanol–water partition coefficient (Wildman–Crippen LogP) is 2.50. The number of nitrogens with one attached hydrogen (secondary N) is 1. The van der Waals surface area contributed by atoms with E-state index in [1.807, 2.05) is 24.3 Å². The number of hydrogen-bond acceptors (Lipinski definition) is 2. The summed E-state index contributed by atoms with van der Waals surface area (Å²) in [6.07, 6.45) is 0.751. The molecule has 1 unspecified atom stereocenters. The number of rotatable bonds is 3. The summed E-state index contributed by atoms with van der Waals surface area (Å²) in [4.78, 5) is 0. The Hall–Kier alpha value is -0.770. The van der Waals surface area contributed by atoms with Gasteiger partial charge >= 0.3 is 0 Å². The molecule has 0 saturated carbocycles. The molecule has 0 spiro atoms. The lowest BCUT2D eigenvalue weighted by molar-refractivity contribution is 0.412. The molecule has 0 saturated heterocycles. The highest BCUT2D eigenvalue weighted by Crippen LogP contribution is 2.36. The van der Waals surface area contributed by atoms with Gasteiger partial charge in [-0.1, -0.05) is 12.1 Å². The van der Waals surface area contributed by atoms with Crippen LogP contribution < -0.4 is 9.96 Å². The van der Waals surface area contributed by atoms with Crippen molar-refractivity contribution in [1.82, 2.24) is 4.65 Å². The number of fused-ring (bicyclic) bond motifs is 1. The van der Waals surface area contributed by atoms with Gasteiger partial charge in [0.1, 0.15) is 5.69 Å². The maximum Gasteiger partial charge on any atom is 0.157 e. The van der Waals surface area contributed by atoms with E-state index in [0.717, 1.165) is 17.8 Å². The zero-order valence-electron chi connectivity index (χ0n) is 7.87. The molecule has 0 radical (unpaired) electrons. The Labute approximate surface area is 88.5 Å². The quantitative estimate of drug-likeness (QED) is 0.475. The van der Waals surface area contributed by atoms with Gasteiger partial charge in [-0.15, -0.1) is 11.6 Å². The minimum absolute atomic E-state index is 0.289. The number of hydrogen-bond donors (Lipinski definition) is 1. The van der Waals surface area contributed by atoms with Gasteiger partial charge in [0.15, 0.2) is 12.4 Å². The van der Waals surface area contributed by atoms with Crippen LogP contribution in [0.1, 0.15) is 6.42 Å². The second-order valence-corrected chi connectivity index (χ2v) is 3.89. The second kappa shape index (κ2) is 3.77. The van der Waals surface area contributed by atoms with Gasteiger partial charge in [-0.25, -0.2) is 0 Å². The highest BCUT2D eigenvalue weighted by molar-refractivity contribution is 6.17. The molecule has 1 atom stereocenters. The number of alkyl halides is 1. The van der Waals surface area contributed by atoms with E-state index >= 15 is 0 Å². The van der Waals surface area contributed by atoms with Crippen molar-refractivity contribution in [2.24, 2.45) is 0 Å². The molecule has 1 aliphatic rings. The lowest BCUT2D eigenvalue weighted by Crippen LogP contribution is -2.43. The zero-order chi connectivity index (χ0) is 10.0. The minimum Gasteiger partial charge on any atom is -0.626 e. The summed E-state index contributed by atoms with van der Waals surface area (Å²) >= 11 is 5.60. The Balaban J connectivity index is 2.23. The first-order valence-corrected chi connectivity index (χ1v) is 5.27. The number of para-hydroxylation sites is 2. The smallest absolute Gasteiger partial charge is 0.157 e. The normalized spacial score (nSPS) is 24.4. The Kier molecular flexibility index (Phi) is 2.63. The number of halogens is 1. The van der Waals surface area contributed by atoms with Crippen molar-refractivity contribution in [2.75, 3.05) is 24.4 Å². The first-order valence-electron chi connectivity index (χ1n) is 4.74. The maximum atomic E-state index is 12.3. The summed E-state index contributed by atoms with van der Waals surface area (Å²) < 4.78 is -0.289. The van der Waals surface area contributed by atoms with Gasteiger partial charge in [-0.3, -0.25) is 0 Å². The van der Waals surface area contributed by atoms with Gasteiger partial charge in [0.2, 0.25) is 0 Å². The number of quaternary nitrogens is 1. The fraction of sp³-hybridized carbons (Fsp3) is 0.400. The third-order valence-corrected chi connectivity index (χ3v) is 2.79. The van der Waals surface area contributed by atoms with E-state index in [1.54, 1.807) is 0 Å². The van der Waals surface area contributed by atoms with Gasteiger partial charge in [0, 0.05) is 18.4 Å². The molecule has 4 heteroatoms. The van der Waals surface area contributed by atoms with Crippen LogP contribution in [0.4, 0.5) is 11.4 Å². The third-order valence-electron chi connectivity index (χ3n) is 2.52. The van der Waals surface area contributed by atoms with Crippen molar-refractivity contribution in [3.8, 4) is 0 Å². The largest absolute Gasteiger partial charge is 0.626 e. The average Bonchev–Trinajstić information content (AvgIpc) is 2.55. The summed E-state index contributed by atoms with van der Waals surface area (Å²) in [7, 11) is 0. The molecule has 76 valence electrons. The molecule has 0 amide bonds. The van der Waals surface area contributed by atoms with Crippen molar-refractivity contribution in [3.63, 3.8) is 0 Å². The van der Waals surface area contributed by atoms with Crippen LogP contribution in [0.5, 0.6) is 0 Å². The highest BCUT2D eigenvalue weighted by Gasteiger charge is 2.29. The van der Waals surface area contributed by atoms with E-state index in [9.17, 15) is 5.21 Å². The average molecular weight is 213 g/mol. The van der Waals surface area contributed by atoms with Crippen LogP contribution in [0.15, 0.2) is 24.3 Å². The first kappa shape index (κ1) is 9.77. The zero-order valence-corrected chi connectivity index (χ0v) is 8.63. The second-order valence-electron chi connectivity index (χ2n) is 3.51. The SMILES string of the molecule is [O-][N+]1(CCCCl)CNc2ccccc21. The van der Waals surface area contributed by atoms with Crippen LogP contribution in [0, 0.1) is 5.21 Å². The van der Waals surface area contributed by atoms with Gasteiger partial charge in [-0.05, 0) is 6.07 Å². The molecule has 0 bridgehead atoms. The number of nitrogens with zero attached hydrogens (tertiary/aromatic N) is 1. The highest BCUT2D eigenvalue weighted by atomic mass is 35.5. The molecule has 2 rings (SSSR count). The number of anilines is 1. The summed E-state index contributed by atoms with van der Waals surface area (Å²) in [5.74, 6) is 0.546. The van der Waals surface area contributed by atoms with E-state index in [-0.39, 0.29) is 4.65 Å². The first-order chi connectivity index (χ1) is 6.76. The minimum atomic E-state index is -0.289. The fourth-order valence-electron chi connectivity index (χ4n) is 1.79. The monoisotopic (exact) mass is 212 g/mol. The molecule has 1 heterocycles. The molecule has 1 aromatic rings. The Morgan fingerprint density at radius 2 is 2.21 bits per heavy atom. The van der Waals surface area contributed by atoms with Crippen LogP contribution in [0.25, 0.3) is 0 Å². The molecule has 0 aliphatic carbocycles. The lowest BCUT2D eigenvalue weighted by atomic mass is 10.2. The van der Waals surface area contributed by atoms with Crippen molar-refractivity contribution in [1.29, 1.82) is 0 Å². The molecule has 14 heavy (non-hydrogen) atoms. The van der Waals surface area contributed by atoms with Crippen LogP contribution in [0.3, 0.4) is 0 Å². The number of benzene rings is 1. The lowest BCUT2D eigenvalue weighted by Gasteiger charge is -2.37. The van der Waals surface area contributed by atoms with Crippen LogP contribution in [0.2, 0.25) is 0 Å². The predicted molar refractivity (Wildman–Crippen MR) is 60.3 cm³/mol. The molecular weight excluding hydrogens is 200 g/mol. The Bertz CT molecular complexity index is 332. The summed E-state index contributed by atoms with van der Waals surface area (Å²) in [5.41, 5.74) is 1.79. The van der Waals surface area contributed by atoms with Gasteiger partial charge in [-0.2, -0.15) is 0 Å². The maximum absolute atomic E-state index is 12.3. The fourth-order valence-corrected chi connectivity index (χ4v) is 1.91. The summed E-state index contributed by atoms with van der Waals surface area (Å²) in [6.45, 7) is 0.976.